The number of aryl methyl sites for hydroxylation is 1. The zero-order valence-corrected chi connectivity index (χ0v) is 18.1. The minimum absolute atomic E-state index is 0. The van der Waals surface area contributed by atoms with Crippen LogP contribution in [0.4, 0.5) is 4.39 Å². The van der Waals surface area contributed by atoms with Gasteiger partial charge in [-0.2, -0.15) is 0 Å². The molecule has 150 valence electrons. The number of halogens is 2. The molecule has 2 N–H and O–H groups in total. The first-order valence-electron chi connectivity index (χ1n) is 8.91. The summed E-state index contributed by atoms with van der Waals surface area (Å²) in [6.45, 7) is 4.27. The third-order valence-electron chi connectivity index (χ3n) is 3.91. The number of ether oxygens (including phenoxy) is 1. The molecule has 1 aromatic heterocycles. The summed E-state index contributed by atoms with van der Waals surface area (Å²) in [6.07, 6.45) is 6.08. The Morgan fingerprint density at radius 3 is 2.63 bits per heavy atom. The average molecular weight is 490 g/mol. The molecule has 0 aliphatic heterocycles. The van der Waals surface area contributed by atoms with E-state index in [2.05, 4.69) is 25.8 Å². The minimum Gasteiger partial charge on any atom is -0.486 e. The number of benzene rings is 1. The van der Waals surface area contributed by atoms with Crippen LogP contribution in [0.1, 0.15) is 26.2 Å². The van der Waals surface area contributed by atoms with Crippen LogP contribution >= 0.6 is 24.0 Å². The number of guanidine groups is 1. The van der Waals surface area contributed by atoms with E-state index in [1.807, 2.05) is 11.5 Å². The van der Waals surface area contributed by atoms with Crippen LogP contribution in [-0.4, -0.2) is 47.0 Å². The molecule has 0 saturated carbocycles. The number of hydrogen-bond acceptors (Lipinski definition) is 4. The second-order valence-electron chi connectivity index (χ2n) is 5.87. The number of aromatic nitrogens is 3. The van der Waals surface area contributed by atoms with E-state index in [0.29, 0.717) is 12.5 Å². The van der Waals surface area contributed by atoms with Crippen LogP contribution in [0.25, 0.3) is 0 Å². The first kappa shape index (κ1) is 23.1. The fourth-order valence-electron chi connectivity index (χ4n) is 2.38. The molecule has 27 heavy (non-hydrogen) atoms. The maximum Gasteiger partial charge on any atom is 0.191 e. The van der Waals surface area contributed by atoms with Crippen molar-refractivity contribution in [2.24, 2.45) is 4.99 Å². The van der Waals surface area contributed by atoms with Crippen molar-refractivity contribution in [1.82, 2.24) is 25.4 Å². The number of nitrogens with zero attached hydrogens (tertiary/aromatic N) is 4. The van der Waals surface area contributed by atoms with Crippen molar-refractivity contribution in [2.45, 2.75) is 38.8 Å². The van der Waals surface area contributed by atoms with Crippen LogP contribution < -0.4 is 15.4 Å². The summed E-state index contributed by atoms with van der Waals surface area (Å²) < 4.78 is 21.4. The Morgan fingerprint density at radius 1 is 1.22 bits per heavy atom. The van der Waals surface area contributed by atoms with Crippen molar-refractivity contribution < 1.29 is 9.13 Å². The van der Waals surface area contributed by atoms with Crippen LogP contribution in [0.15, 0.2) is 41.9 Å². The molecule has 0 aliphatic rings. The number of hydrogen-bond donors (Lipinski definition) is 2. The van der Waals surface area contributed by atoms with Gasteiger partial charge < -0.3 is 19.9 Å². The van der Waals surface area contributed by atoms with E-state index in [4.69, 9.17) is 4.74 Å². The molecular formula is C18H28FIN6O. The lowest BCUT2D eigenvalue weighted by Crippen LogP contribution is -2.42. The van der Waals surface area contributed by atoms with Crippen molar-refractivity contribution in [2.75, 3.05) is 20.1 Å². The van der Waals surface area contributed by atoms with Crippen LogP contribution in [0.3, 0.4) is 0 Å². The van der Waals surface area contributed by atoms with Crippen molar-refractivity contribution >= 4 is 29.9 Å². The molecule has 0 radical (unpaired) electrons. The summed E-state index contributed by atoms with van der Waals surface area (Å²) >= 11 is 0. The van der Waals surface area contributed by atoms with Crippen molar-refractivity contribution in [3.8, 4) is 5.75 Å². The SMILES string of the molecule is CCC(CNC(=NC)NCCCCn1cnnc1)Oc1ccccc1F.I. The lowest BCUT2D eigenvalue weighted by atomic mass is 10.2. The first-order chi connectivity index (χ1) is 12.7. The van der Waals surface area contributed by atoms with Crippen LogP contribution in [0.2, 0.25) is 0 Å². The molecule has 0 fully saturated rings. The Hall–Kier alpha value is -1.91. The third kappa shape index (κ3) is 8.55. The van der Waals surface area contributed by atoms with Gasteiger partial charge in [0.2, 0.25) is 0 Å². The van der Waals surface area contributed by atoms with Gasteiger partial charge in [-0.1, -0.05) is 19.1 Å². The van der Waals surface area contributed by atoms with Gasteiger partial charge in [-0.25, -0.2) is 4.39 Å². The predicted octanol–water partition coefficient (Wildman–Crippen LogP) is 2.84. The Morgan fingerprint density at radius 2 is 1.96 bits per heavy atom. The van der Waals surface area contributed by atoms with E-state index < -0.39 is 0 Å². The average Bonchev–Trinajstić information content (AvgIpc) is 3.17. The maximum atomic E-state index is 13.7. The Bertz CT molecular complexity index is 668. The van der Waals surface area contributed by atoms with E-state index in [-0.39, 0.29) is 41.6 Å². The zero-order chi connectivity index (χ0) is 18.6. The second kappa shape index (κ2) is 13.3. The fraction of sp³-hybridized carbons (Fsp3) is 0.500. The molecule has 1 atom stereocenters. The summed E-state index contributed by atoms with van der Waals surface area (Å²) in [5, 5.41) is 14.1. The molecule has 2 rings (SSSR count). The monoisotopic (exact) mass is 490 g/mol. The van der Waals surface area contributed by atoms with Gasteiger partial charge in [0, 0.05) is 20.1 Å². The standard InChI is InChI=1S/C18H27FN6O.HI/c1-3-15(26-17-9-5-4-8-16(17)19)12-22-18(20-2)21-10-6-7-11-25-13-23-24-14-25;/h4-5,8-9,13-15H,3,6-7,10-12H2,1-2H3,(H2,20,21,22);1H. The normalized spacial score (nSPS) is 12.2. The highest BCUT2D eigenvalue weighted by molar-refractivity contribution is 14.0. The van der Waals surface area contributed by atoms with Crippen molar-refractivity contribution in [3.05, 3.63) is 42.7 Å². The van der Waals surface area contributed by atoms with E-state index >= 15 is 0 Å². The van der Waals surface area contributed by atoms with Gasteiger partial charge in [0.15, 0.2) is 17.5 Å². The van der Waals surface area contributed by atoms with Crippen molar-refractivity contribution in [3.63, 3.8) is 0 Å². The highest BCUT2D eigenvalue weighted by atomic mass is 127. The number of nitrogens with one attached hydrogen (secondary N) is 2. The van der Waals surface area contributed by atoms with Crippen LogP contribution in [0.5, 0.6) is 5.75 Å². The summed E-state index contributed by atoms with van der Waals surface area (Å²) in [7, 11) is 1.73. The Kier molecular flexibility index (Phi) is 11.4. The van der Waals surface area contributed by atoms with E-state index in [9.17, 15) is 4.39 Å². The summed E-state index contributed by atoms with van der Waals surface area (Å²) in [5.74, 6) is 0.643. The highest BCUT2D eigenvalue weighted by Crippen LogP contribution is 2.17. The number of para-hydroxylation sites is 1. The topological polar surface area (TPSA) is 76.4 Å². The summed E-state index contributed by atoms with van der Waals surface area (Å²) in [6, 6.07) is 6.45. The van der Waals surface area contributed by atoms with E-state index in [0.717, 1.165) is 32.4 Å². The molecule has 0 saturated heterocycles. The molecular weight excluding hydrogens is 462 g/mol. The number of aliphatic imine (C=N–C) groups is 1. The fourth-order valence-corrected chi connectivity index (χ4v) is 2.38. The minimum atomic E-state index is -0.346. The van der Waals surface area contributed by atoms with Gasteiger partial charge >= 0.3 is 0 Å². The lowest BCUT2D eigenvalue weighted by molar-refractivity contribution is 0.191. The molecule has 0 aliphatic carbocycles. The van der Waals surface area contributed by atoms with Gasteiger partial charge in [0.1, 0.15) is 18.8 Å². The Balaban J connectivity index is 0.00000364. The summed E-state index contributed by atoms with van der Waals surface area (Å²) in [5.41, 5.74) is 0. The first-order valence-corrected chi connectivity index (χ1v) is 8.91. The maximum absolute atomic E-state index is 13.7. The molecule has 1 unspecified atom stereocenters. The third-order valence-corrected chi connectivity index (χ3v) is 3.91. The van der Waals surface area contributed by atoms with Gasteiger partial charge in [-0.15, -0.1) is 34.2 Å². The zero-order valence-electron chi connectivity index (χ0n) is 15.8. The largest absolute Gasteiger partial charge is 0.486 e. The van der Waals surface area contributed by atoms with Gasteiger partial charge in [-0.05, 0) is 31.4 Å². The molecule has 0 amide bonds. The van der Waals surface area contributed by atoms with E-state index in [1.54, 1.807) is 37.9 Å². The molecule has 0 bridgehead atoms. The second-order valence-corrected chi connectivity index (χ2v) is 5.87. The molecule has 9 heteroatoms. The molecule has 1 aromatic carbocycles. The smallest absolute Gasteiger partial charge is 0.191 e. The molecule has 1 heterocycles. The van der Waals surface area contributed by atoms with Crippen LogP contribution in [-0.2, 0) is 6.54 Å². The lowest BCUT2D eigenvalue weighted by Gasteiger charge is -2.20. The molecule has 2 aromatic rings. The highest BCUT2D eigenvalue weighted by Gasteiger charge is 2.11. The van der Waals surface area contributed by atoms with Gasteiger partial charge in [-0.3, -0.25) is 4.99 Å². The molecule has 7 nitrogen and oxygen atoms in total. The quantitative estimate of drug-likeness (QED) is 0.232. The number of rotatable bonds is 10. The van der Waals surface area contributed by atoms with Gasteiger partial charge in [0.05, 0.1) is 6.54 Å². The predicted molar refractivity (Wildman–Crippen MR) is 115 cm³/mol. The molecule has 0 spiro atoms. The summed E-state index contributed by atoms with van der Waals surface area (Å²) in [4.78, 5) is 4.21. The Labute approximate surface area is 176 Å². The van der Waals surface area contributed by atoms with Crippen LogP contribution in [0, 0.1) is 5.82 Å². The van der Waals surface area contributed by atoms with E-state index in [1.165, 1.54) is 6.07 Å². The van der Waals surface area contributed by atoms with Gasteiger partial charge in [0.25, 0.3) is 0 Å². The number of unbranched alkanes of at least 4 members (excludes halogenated alkanes) is 1. The van der Waals surface area contributed by atoms with Crippen molar-refractivity contribution in [1.29, 1.82) is 0 Å².